The van der Waals surface area contributed by atoms with Crippen LogP contribution in [-0.4, -0.2) is 52.3 Å². The predicted octanol–water partition coefficient (Wildman–Crippen LogP) is 3.66. The van der Waals surface area contributed by atoms with Gasteiger partial charge in [-0.05, 0) is 54.1 Å². The van der Waals surface area contributed by atoms with Crippen molar-refractivity contribution < 1.29 is 24.9 Å². The zero-order valence-corrected chi connectivity index (χ0v) is 18.4. The number of aliphatic imine (C=N–C) groups is 1. The van der Waals surface area contributed by atoms with Gasteiger partial charge in [-0.3, -0.25) is 14.7 Å². The summed E-state index contributed by atoms with van der Waals surface area (Å²) in [5.74, 6) is 0.0723. The van der Waals surface area contributed by atoms with Crippen LogP contribution >= 0.6 is 23.4 Å². The molecule has 0 bridgehead atoms. The number of aliphatic hydroxyl groups is 2. The van der Waals surface area contributed by atoms with Crippen molar-refractivity contribution in [2.75, 3.05) is 24.7 Å². The average Bonchev–Trinajstić information content (AvgIpc) is 3.06. The SMILES string of the molecule is CCCN=C1S/C(=C\c2ccc(OC[C@H](O)CO)c(Cl)c2)C(=O)N1c1ccccc1O. The number of aliphatic hydroxyl groups excluding tert-OH is 2. The second-order valence-corrected chi connectivity index (χ2v) is 8.16. The molecule has 1 saturated heterocycles. The van der Waals surface area contributed by atoms with E-state index in [9.17, 15) is 15.0 Å². The number of para-hydroxylation sites is 2. The standard InChI is InChI=1S/C22H23ClN2O5S/c1-2-9-24-22-25(17-5-3-4-6-18(17)28)21(29)20(31-22)11-14-7-8-19(16(23)10-14)30-13-15(27)12-26/h3-8,10-11,15,26-28H,2,9,12-13H2,1H3/b20-11-,24-22?/t15-/m1/s1. The third-order valence-corrected chi connectivity index (χ3v) is 5.60. The lowest BCUT2D eigenvalue weighted by Crippen LogP contribution is -2.29. The highest BCUT2D eigenvalue weighted by atomic mass is 35.5. The van der Waals surface area contributed by atoms with E-state index in [0.29, 0.717) is 38.6 Å². The number of phenols is 1. The molecule has 3 N–H and O–H groups in total. The van der Waals surface area contributed by atoms with Gasteiger partial charge in [-0.1, -0.05) is 36.7 Å². The Kier molecular flexibility index (Phi) is 7.97. The van der Waals surface area contributed by atoms with Crippen molar-refractivity contribution in [3.63, 3.8) is 0 Å². The minimum Gasteiger partial charge on any atom is -0.506 e. The number of benzene rings is 2. The number of amidine groups is 1. The molecule has 31 heavy (non-hydrogen) atoms. The van der Waals surface area contributed by atoms with E-state index in [2.05, 4.69) is 4.99 Å². The molecule has 1 aliphatic heterocycles. The Balaban J connectivity index is 1.88. The third kappa shape index (κ3) is 5.59. The maximum absolute atomic E-state index is 13.1. The number of phenolic OH excluding ortho intramolecular Hbond substituents is 1. The zero-order valence-electron chi connectivity index (χ0n) is 16.9. The van der Waals surface area contributed by atoms with Gasteiger partial charge in [0.15, 0.2) is 5.17 Å². The highest BCUT2D eigenvalue weighted by molar-refractivity contribution is 8.19. The van der Waals surface area contributed by atoms with Crippen LogP contribution in [0.5, 0.6) is 11.5 Å². The summed E-state index contributed by atoms with van der Waals surface area (Å²) in [7, 11) is 0. The number of amides is 1. The van der Waals surface area contributed by atoms with Crippen LogP contribution in [0.2, 0.25) is 5.02 Å². The summed E-state index contributed by atoms with van der Waals surface area (Å²) >= 11 is 7.50. The molecule has 0 aliphatic carbocycles. The normalized spacial score (nSPS) is 17.5. The number of rotatable bonds is 8. The van der Waals surface area contributed by atoms with Gasteiger partial charge in [0.25, 0.3) is 5.91 Å². The number of hydrogen-bond acceptors (Lipinski definition) is 7. The van der Waals surface area contributed by atoms with E-state index in [1.165, 1.54) is 22.7 Å². The Hall–Kier alpha value is -2.52. The van der Waals surface area contributed by atoms with Gasteiger partial charge in [-0.15, -0.1) is 0 Å². The van der Waals surface area contributed by atoms with Crippen molar-refractivity contribution in [3.8, 4) is 11.5 Å². The topological polar surface area (TPSA) is 103 Å². The average molecular weight is 463 g/mol. The molecule has 1 heterocycles. The number of carbonyl (C=O) groups is 1. The summed E-state index contributed by atoms with van der Waals surface area (Å²) in [5, 5.41) is 29.3. The Bertz CT molecular complexity index is 1010. The summed E-state index contributed by atoms with van der Waals surface area (Å²) in [6.07, 6.45) is 1.53. The number of hydrogen-bond donors (Lipinski definition) is 3. The van der Waals surface area contributed by atoms with Gasteiger partial charge in [0.05, 0.1) is 22.2 Å². The van der Waals surface area contributed by atoms with Crippen LogP contribution in [0.15, 0.2) is 52.4 Å². The van der Waals surface area contributed by atoms with Gasteiger partial charge < -0.3 is 20.1 Å². The van der Waals surface area contributed by atoms with Crippen LogP contribution < -0.4 is 9.64 Å². The van der Waals surface area contributed by atoms with Crippen molar-refractivity contribution in [3.05, 3.63) is 58.0 Å². The van der Waals surface area contributed by atoms with Crippen LogP contribution in [0, 0.1) is 0 Å². The number of nitrogens with zero attached hydrogens (tertiary/aromatic N) is 2. The molecule has 3 rings (SSSR count). The molecule has 164 valence electrons. The fraction of sp³-hybridized carbons (Fsp3) is 0.273. The maximum atomic E-state index is 13.1. The van der Waals surface area contributed by atoms with Crippen molar-refractivity contribution in [2.45, 2.75) is 19.4 Å². The molecule has 1 aliphatic rings. The van der Waals surface area contributed by atoms with E-state index in [-0.39, 0.29) is 18.3 Å². The second-order valence-electron chi connectivity index (χ2n) is 6.74. The van der Waals surface area contributed by atoms with Crippen LogP contribution in [0.25, 0.3) is 6.08 Å². The first-order valence-electron chi connectivity index (χ1n) is 9.72. The molecule has 1 amide bonds. The maximum Gasteiger partial charge on any atom is 0.271 e. The summed E-state index contributed by atoms with van der Waals surface area (Å²) in [5.41, 5.74) is 1.06. The molecule has 0 aromatic heterocycles. The van der Waals surface area contributed by atoms with Crippen LogP contribution in [0.4, 0.5) is 5.69 Å². The minimum absolute atomic E-state index is 0.00323. The highest BCUT2D eigenvalue weighted by Gasteiger charge is 2.35. The lowest BCUT2D eigenvalue weighted by molar-refractivity contribution is -0.113. The molecule has 7 nitrogen and oxygen atoms in total. The fourth-order valence-corrected chi connectivity index (χ4v) is 4.01. The number of thioether (sulfide) groups is 1. The van der Waals surface area contributed by atoms with Gasteiger partial charge in [0, 0.05) is 6.54 Å². The molecule has 0 radical (unpaired) electrons. The van der Waals surface area contributed by atoms with E-state index < -0.39 is 12.7 Å². The van der Waals surface area contributed by atoms with Crippen molar-refractivity contribution >= 4 is 46.2 Å². The summed E-state index contributed by atoms with van der Waals surface area (Å²) < 4.78 is 5.40. The zero-order chi connectivity index (χ0) is 22.4. The molecule has 2 aromatic carbocycles. The Morgan fingerprint density at radius 1 is 1.29 bits per heavy atom. The summed E-state index contributed by atoms with van der Waals surface area (Å²) in [4.78, 5) is 19.5. The van der Waals surface area contributed by atoms with Gasteiger partial charge in [0.2, 0.25) is 0 Å². The van der Waals surface area contributed by atoms with Crippen molar-refractivity contribution in [1.29, 1.82) is 0 Å². The van der Waals surface area contributed by atoms with Crippen molar-refractivity contribution in [2.24, 2.45) is 4.99 Å². The first-order valence-corrected chi connectivity index (χ1v) is 10.9. The highest BCUT2D eigenvalue weighted by Crippen LogP contribution is 2.39. The largest absolute Gasteiger partial charge is 0.506 e. The lowest BCUT2D eigenvalue weighted by Gasteiger charge is -2.16. The Morgan fingerprint density at radius 2 is 2.06 bits per heavy atom. The number of carbonyl (C=O) groups excluding carboxylic acids is 1. The molecule has 0 unspecified atom stereocenters. The monoisotopic (exact) mass is 462 g/mol. The van der Waals surface area contributed by atoms with E-state index in [0.717, 1.165) is 6.42 Å². The fourth-order valence-electron chi connectivity index (χ4n) is 2.77. The van der Waals surface area contributed by atoms with Gasteiger partial charge >= 0.3 is 0 Å². The molecule has 2 aromatic rings. The van der Waals surface area contributed by atoms with Crippen molar-refractivity contribution in [1.82, 2.24) is 0 Å². The molecule has 1 atom stereocenters. The summed E-state index contributed by atoms with van der Waals surface area (Å²) in [6, 6.07) is 11.7. The van der Waals surface area contributed by atoms with E-state index in [1.54, 1.807) is 42.5 Å². The predicted molar refractivity (Wildman–Crippen MR) is 124 cm³/mol. The first kappa shape index (κ1) is 23.1. The molecule has 9 heteroatoms. The number of ether oxygens (including phenoxy) is 1. The lowest BCUT2D eigenvalue weighted by atomic mass is 10.2. The minimum atomic E-state index is -0.994. The van der Waals surface area contributed by atoms with Gasteiger partial charge in [-0.2, -0.15) is 0 Å². The summed E-state index contributed by atoms with van der Waals surface area (Å²) in [6.45, 7) is 2.07. The number of halogens is 1. The molecular weight excluding hydrogens is 440 g/mol. The van der Waals surface area contributed by atoms with Gasteiger partial charge in [-0.25, -0.2) is 0 Å². The molecular formula is C22H23ClN2O5S. The molecule has 0 saturated carbocycles. The number of anilines is 1. The smallest absolute Gasteiger partial charge is 0.271 e. The van der Waals surface area contributed by atoms with Gasteiger partial charge in [0.1, 0.15) is 24.2 Å². The van der Waals surface area contributed by atoms with E-state index in [1.807, 2.05) is 6.92 Å². The van der Waals surface area contributed by atoms with E-state index in [4.69, 9.17) is 21.4 Å². The Labute approximate surface area is 189 Å². The second kappa shape index (κ2) is 10.7. The third-order valence-electron chi connectivity index (χ3n) is 4.30. The van der Waals surface area contributed by atoms with E-state index >= 15 is 0 Å². The first-order chi connectivity index (χ1) is 14.9. The van der Waals surface area contributed by atoms with Crippen LogP contribution in [-0.2, 0) is 4.79 Å². The van der Waals surface area contributed by atoms with Crippen LogP contribution in [0.3, 0.4) is 0 Å². The molecule has 0 spiro atoms. The number of aromatic hydroxyl groups is 1. The van der Waals surface area contributed by atoms with Crippen LogP contribution in [0.1, 0.15) is 18.9 Å². The quantitative estimate of drug-likeness (QED) is 0.517. The Morgan fingerprint density at radius 3 is 2.74 bits per heavy atom. The molecule has 1 fully saturated rings.